The highest BCUT2D eigenvalue weighted by atomic mass is 19.4. The maximum absolute atomic E-state index is 12.4. The van der Waals surface area contributed by atoms with E-state index < -0.39 is 46.6 Å². The summed E-state index contributed by atoms with van der Waals surface area (Å²) in [5.74, 6) is -2.52. The lowest BCUT2D eigenvalue weighted by Gasteiger charge is -2.14. The Bertz CT molecular complexity index is 560. The number of nitro groups is 1. The van der Waals surface area contributed by atoms with Gasteiger partial charge >= 0.3 is 18.0 Å². The Morgan fingerprint density at radius 2 is 2.05 bits per heavy atom. The molecule has 0 saturated heterocycles. The molecule has 0 fully saturated rings. The Hall–Kier alpha value is -2.59. The van der Waals surface area contributed by atoms with Gasteiger partial charge in [-0.05, 0) is 0 Å². The maximum Gasteiger partial charge on any atom is 0.573 e. The van der Waals surface area contributed by atoms with Crippen LogP contribution in [0.4, 0.5) is 18.9 Å². The van der Waals surface area contributed by atoms with Gasteiger partial charge in [-0.15, -0.1) is 13.2 Å². The molecule has 116 valence electrons. The molecule has 0 N–H and O–H groups in total. The Morgan fingerprint density at radius 1 is 1.43 bits per heavy atom. The lowest BCUT2D eigenvalue weighted by Crippen LogP contribution is -2.20. The van der Waals surface area contributed by atoms with E-state index in [2.05, 4.69) is 14.5 Å². The quantitative estimate of drug-likeness (QED) is 0.462. The van der Waals surface area contributed by atoms with Gasteiger partial charge in [0.1, 0.15) is 6.20 Å². The van der Waals surface area contributed by atoms with E-state index in [-0.39, 0.29) is 0 Å². The number of carbonyl (C=O) groups is 1. The molecule has 1 aromatic heterocycles. The van der Waals surface area contributed by atoms with E-state index in [1.165, 1.54) is 0 Å². The topological polar surface area (TPSA) is 101 Å². The van der Waals surface area contributed by atoms with E-state index in [1.54, 1.807) is 0 Å². The fourth-order valence-electron chi connectivity index (χ4n) is 1.42. The van der Waals surface area contributed by atoms with Gasteiger partial charge in [0, 0.05) is 0 Å². The van der Waals surface area contributed by atoms with Gasteiger partial charge in [-0.25, -0.2) is 4.98 Å². The highest BCUT2D eigenvalue weighted by Gasteiger charge is 2.38. The first-order chi connectivity index (χ1) is 9.69. The molecule has 0 aliphatic carbocycles. The molecule has 21 heavy (non-hydrogen) atoms. The number of esters is 1. The molecule has 0 aliphatic rings. The standard InChI is InChI=1S/C10H9F3N2O6/c1-19-7(16)3-5-8(21-10(11,12)13)6(15(17)18)4-14-9(5)20-2/h4H,3H2,1-2H3. The second-order valence-electron chi connectivity index (χ2n) is 3.52. The van der Waals surface area contributed by atoms with Crippen LogP contribution in [0, 0.1) is 10.1 Å². The normalized spacial score (nSPS) is 10.9. The summed E-state index contributed by atoms with van der Waals surface area (Å²) in [6, 6.07) is 0. The number of halogens is 3. The fraction of sp³-hybridized carbons (Fsp3) is 0.400. The molecule has 0 atom stereocenters. The van der Waals surface area contributed by atoms with Crippen molar-refractivity contribution < 1.29 is 37.1 Å². The van der Waals surface area contributed by atoms with Crippen molar-refractivity contribution in [3.63, 3.8) is 0 Å². The van der Waals surface area contributed by atoms with Gasteiger partial charge in [0.2, 0.25) is 11.6 Å². The SMILES string of the molecule is COC(=O)Cc1c(OC)ncc([N+](=O)[O-])c1OC(F)(F)F. The molecule has 0 radical (unpaired) electrons. The lowest BCUT2D eigenvalue weighted by molar-refractivity contribution is -0.389. The van der Waals surface area contributed by atoms with Crippen LogP contribution in [-0.4, -0.2) is 36.5 Å². The molecule has 0 aromatic carbocycles. The number of aromatic nitrogens is 1. The van der Waals surface area contributed by atoms with Crippen molar-refractivity contribution in [1.29, 1.82) is 0 Å². The molecular weight excluding hydrogens is 301 g/mol. The van der Waals surface area contributed by atoms with Crippen LogP contribution in [0.3, 0.4) is 0 Å². The van der Waals surface area contributed by atoms with Crippen molar-refractivity contribution in [1.82, 2.24) is 4.98 Å². The van der Waals surface area contributed by atoms with Crippen LogP contribution in [0.2, 0.25) is 0 Å². The first kappa shape index (κ1) is 16.5. The van der Waals surface area contributed by atoms with Crippen molar-refractivity contribution in [3.8, 4) is 11.6 Å². The van der Waals surface area contributed by atoms with Gasteiger partial charge in [-0.3, -0.25) is 14.9 Å². The van der Waals surface area contributed by atoms with E-state index in [4.69, 9.17) is 4.74 Å². The number of rotatable bonds is 5. The third kappa shape index (κ3) is 4.19. The number of pyridine rings is 1. The number of carbonyl (C=O) groups excluding carboxylic acids is 1. The predicted octanol–water partition coefficient (Wildman–Crippen LogP) is 1.61. The number of nitrogens with zero attached hydrogens (tertiary/aromatic N) is 2. The van der Waals surface area contributed by atoms with Crippen LogP contribution < -0.4 is 9.47 Å². The van der Waals surface area contributed by atoms with Crippen LogP contribution in [0.5, 0.6) is 11.6 Å². The van der Waals surface area contributed by atoms with E-state index in [1.807, 2.05) is 0 Å². The third-order valence-electron chi connectivity index (χ3n) is 2.23. The molecule has 0 amide bonds. The summed E-state index contributed by atoms with van der Waals surface area (Å²) in [4.78, 5) is 24.4. The summed E-state index contributed by atoms with van der Waals surface area (Å²) >= 11 is 0. The minimum atomic E-state index is -5.19. The molecule has 0 aliphatic heterocycles. The first-order valence-corrected chi connectivity index (χ1v) is 5.22. The smallest absolute Gasteiger partial charge is 0.481 e. The van der Waals surface area contributed by atoms with Crippen molar-refractivity contribution in [2.75, 3.05) is 14.2 Å². The molecular formula is C10H9F3N2O6. The zero-order chi connectivity index (χ0) is 16.2. The molecule has 1 aromatic rings. The number of alkyl halides is 3. The fourth-order valence-corrected chi connectivity index (χ4v) is 1.42. The Balaban J connectivity index is 3.48. The minimum Gasteiger partial charge on any atom is -0.481 e. The second kappa shape index (κ2) is 6.24. The molecule has 0 bridgehead atoms. The van der Waals surface area contributed by atoms with Gasteiger partial charge < -0.3 is 14.2 Å². The molecule has 8 nitrogen and oxygen atoms in total. The van der Waals surface area contributed by atoms with Gasteiger partial charge in [0.05, 0.1) is 31.1 Å². The summed E-state index contributed by atoms with van der Waals surface area (Å²) in [6.45, 7) is 0. The number of hydrogen-bond acceptors (Lipinski definition) is 7. The minimum absolute atomic E-state index is 0.412. The average Bonchev–Trinajstić information content (AvgIpc) is 2.38. The molecule has 0 saturated carbocycles. The van der Waals surface area contributed by atoms with Crippen molar-refractivity contribution >= 4 is 11.7 Å². The van der Waals surface area contributed by atoms with E-state index in [0.29, 0.717) is 6.20 Å². The summed E-state index contributed by atoms with van der Waals surface area (Å²) in [6.07, 6.45) is -5.39. The van der Waals surface area contributed by atoms with Crippen LogP contribution in [0.15, 0.2) is 6.20 Å². The second-order valence-corrected chi connectivity index (χ2v) is 3.52. The predicted molar refractivity (Wildman–Crippen MR) is 59.8 cm³/mol. The van der Waals surface area contributed by atoms with Crippen LogP contribution in [-0.2, 0) is 16.0 Å². The van der Waals surface area contributed by atoms with Gasteiger partial charge in [0.25, 0.3) is 0 Å². The largest absolute Gasteiger partial charge is 0.573 e. The third-order valence-corrected chi connectivity index (χ3v) is 2.23. The van der Waals surface area contributed by atoms with E-state index >= 15 is 0 Å². The van der Waals surface area contributed by atoms with Gasteiger partial charge in [-0.1, -0.05) is 0 Å². The zero-order valence-corrected chi connectivity index (χ0v) is 10.8. The molecule has 0 unspecified atom stereocenters. The number of ether oxygens (including phenoxy) is 3. The Kier molecular flexibility index (Phi) is 4.89. The molecule has 0 spiro atoms. The maximum atomic E-state index is 12.4. The summed E-state index contributed by atoms with van der Waals surface area (Å²) in [5.41, 5.74) is -1.58. The van der Waals surface area contributed by atoms with Crippen molar-refractivity contribution in [2.24, 2.45) is 0 Å². The van der Waals surface area contributed by atoms with E-state index in [9.17, 15) is 28.1 Å². The number of hydrogen-bond donors (Lipinski definition) is 0. The zero-order valence-electron chi connectivity index (χ0n) is 10.8. The molecule has 11 heteroatoms. The van der Waals surface area contributed by atoms with Crippen LogP contribution >= 0.6 is 0 Å². The molecule has 1 heterocycles. The van der Waals surface area contributed by atoms with Crippen molar-refractivity contribution in [2.45, 2.75) is 12.8 Å². The Morgan fingerprint density at radius 3 is 2.48 bits per heavy atom. The van der Waals surface area contributed by atoms with Crippen molar-refractivity contribution in [3.05, 3.63) is 21.9 Å². The summed E-state index contributed by atoms with van der Waals surface area (Å²) < 4.78 is 49.8. The van der Waals surface area contributed by atoms with Crippen LogP contribution in [0.25, 0.3) is 0 Å². The first-order valence-electron chi connectivity index (χ1n) is 5.22. The number of methoxy groups -OCH3 is 2. The highest BCUT2D eigenvalue weighted by molar-refractivity contribution is 5.75. The average molecular weight is 310 g/mol. The van der Waals surface area contributed by atoms with Gasteiger partial charge in [-0.2, -0.15) is 0 Å². The summed E-state index contributed by atoms with van der Waals surface area (Å²) in [7, 11) is 2.08. The van der Waals surface area contributed by atoms with Gasteiger partial charge in [0.15, 0.2) is 0 Å². The van der Waals surface area contributed by atoms with Crippen LogP contribution in [0.1, 0.15) is 5.56 Å². The van der Waals surface area contributed by atoms with E-state index in [0.717, 1.165) is 14.2 Å². The highest BCUT2D eigenvalue weighted by Crippen LogP contribution is 2.39. The summed E-state index contributed by atoms with van der Waals surface area (Å²) in [5, 5.41) is 10.8. The monoisotopic (exact) mass is 310 g/mol. The lowest BCUT2D eigenvalue weighted by atomic mass is 10.1. The Labute approximate surface area is 115 Å². The molecule has 1 rings (SSSR count).